The zero-order chi connectivity index (χ0) is 19.1. The predicted octanol–water partition coefficient (Wildman–Crippen LogP) is 3.96. The SMILES string of the molecule is Cc1ccc(NC(=O)CSCC(=O)OCc2ccc3ccccc3n2)cc1. The average Bonchev–Trinajstić information content (AvgIpc) is 2.68. The molecule has 2 aromatic carbocycles. The Morgan fingerprint density at radius 3 is 2.59 bits per heavy atom. The van der Waals surface area contributed by atoms with Crippen LogP contribution in [0.1, 0.15) is 11.3 Å². The molecular formula is C21H20N2O3S. The van der Waals surface area contributed by atoms with E-state index in [0.717, 1.165) is 22.2 Å². The highest BCUT2D eigenvalue weighted by Crippen LogP contribution is 2.13. The number of aromatic nitrogens is 1. The number of amides is 1. The Balaban J connectivity index is 1.38. The van der Waals surface area contributed by atoms with Crippen molar-refractivity contribution in [3.63, 3.8) is 0 Å². The normalized spacial score (nSPS) is 10.6. The fourth-order valence-electron chi connectivity index (χ4n) is 2.45. The van der Waals surface area contributed by atoms with Crippen molar-refractivity contribution in [2.24, 2.45) is 0 Å². The van der Waals surface area contributed by atoms with Crippen LogP contribution in [0, 0.1) is 6.92 Å². The van der Waals surface area contributed by atoms with Crippen LogP contribution in [0.25, 0.3) is 10.9 Å². The van der Waals surface area contributed by atoms with Gasteiger partial charge in [-0.2, -0.15) is 0 Å². The molecular weight excluding hydrogens is 360 g/mol. The van der Waals surface area contributed by atoms with Gasteiger partial charge in [0.25, 0.3) is 0 Å². The minimum atomic E-state index is -0.363. The van der Waals surface area contributed by atoms with E-state index >= 15 is 0 Å². The molecule has 5 nitrogen and oxygen atoms in total. The van der Waals surface area contributed by atoms with Crippen LogP contribution in [0.2, 0.25) is 0 Å². The van der Waals surface area contributed by atoms with Gasteiger partial charge in [-0.3, -0.25) is 9.59 Å². The number of hydrogen-bond donors (Lipinski definition) is 1. The maximum atomic E-state index is 11.9. The Morgan fingerprint density at radius 2 is 1.78 bits per heavy atom. The quantitative estimate of drug-likeness (QED) is 0.629. The molecule has 1 amide bonds. The number of pyridine rings is 1. The number of ether oxygens (including phenoxy) is 1. The summed E-state index contributed by atoms with van der Waals surface area (Å²) in [7, 11) is 0. The molecule has 1 aromatic heterocycles. The molecule has 0 fully saturated rings. The van der Waals surface area contributed by atoms with Crippen LogP contribution in [0.3, 0.4) is 0 Å². The predicted molar refractivity (Wildman–Crippen MR) is 109 cm³/mol. The minimum absolute atomic E-state index is 0.120. The molecule has 1 heterocycles. The van der Waals surface area contributed by atoms with Gasteiger partial charge in [-0.15, -0.1) is 11.8 Å². The Hall–Kier alpha value is -2.86. The number of nitrogens with zero attached hydrogens (tertiary/aromatic N) is 1. The first kappa shape index (κ1) is 18.9. The number of aryl methyl sites for hydroxylation is 1. The standard InChI is InChI=1S/C21H20N2O3S/c1-15-6-9-17(10-7-15)23-20(24)13-27-14-21(25)26-12-18-11-8-16-4-2-3-5-19(16)22-18/h2-11H,12-14H2,1H3,(H,23,24). The monoisotopic (exact) mass is 380 g/mol. The van der Waals surface area contributed by atoms with Crippen LogP contribution in [0.5, 0.6) is 0 Å². The minimum Gasteiger partial charge on any atom is -0.459 e. The van der Waals surface area contributed by atoms with Crippen LogP contribution < -0.4 is 5.32 Å². The molecule has 0 saturated carbocycles. The topological polar surface area (TPSA) is 68.3 Å². The second-order valence-corrected chi connectivity index (χ2v) is 7.05. The van der Waals surface area contributed by atoms with Gasteiger partial charge in [-0.05, 0) is 31.2 Å². The first-order valence-corrected chi connectivity index (χ1v) is 9.70. The van der Waals surface area contributed by atoms with E-state index in [1.165, 1.54) is 11.8 Å². The van der Waals surface area contributed by atoms with Gasteiger partial charge in [0.2, 0.25) is 5.91 Å². The zero-order valence-corrected chi connectivity index (χ0v) is 15.8. The van der Waals surface area contributed by atoms with E-state index in [9.17, 15) is 9.59 Å². The maximum absolute atomic E-state index is 11.9. The van der Waals surface area contributed by atoms with E-state index in [4.69, 9.17) is 4.74 Å². The molecule has 0 atom stereocenters. The fourth-order valence-corrected chi connectivity index (χ4v) is 3.06. The lowest BCUT2D eigenvalue weighted by molar-refractivity contribution is -0.141. The van der Waals surface area contributed by atoms with E-state index in [1.807, 2.05) is 67.6 Å². The van der Waals surface area contributed by atoms with Gasteiger partial charge >= 0.3 is 5.97 Å². The van der Waals surface area contributed by atoms with Gasteiger partial charge in [0.05, 0.1) is 22.7 Å². The molecule has 0 aliphatic heterocycles. The molecule has 6 heteroatoms. The number of esters is 1. The third-order valence-electron chi connectivity index (χ3n) is 3.83. The highest BCUT2D eigenvalue weighted by Gasteiger charge is 2.08. The van der Waals surface area contributed by atoms with Gasteiger partial charge in [-0.1, -0.05) is 42.0 Å². The molecule has 27 heavy (non-hydrogen) atoms. The molecule has 0 aliphatic carbocycles. The molecule has 1 N–H and O–H groups in total. The van der Waals surface area contributed by atoms with Gasteiger partial charge in [0, 0.05) is 11.1 Å². The number of benzene rings is 2. The third-order valence-corrected chi connectivity index (χ3v) is 4.73. The first-order valence-electron chi connectivity index (χ1n) is 8.55. The van der Waals surface area contributed by atoms with Crippen molar-refractivity contribution in [1.82, 2.24) is 4.98 Å². The Labute approximate surface area is 162 Å². The third kappa shape index (κ3) is 5.82. The number of anilines is 1. The van der Waals surface area contributed by atoms with Crippen molar-refractivity contribution in [3.8, 4) is 0 Å². The molecule has 0 unspecified atom stereocenters. The summed E-state index contributed by atoms with van der Waals surface area (Å²) < 4.78 is 5.24. The number of nitrogens with one attached hydrogen (secondary N) is 1. The maximum Gasteiger partial charge on any atom is 0.316 e. The number of para-hydroxylation sites is 1. The Morgan fingerprint density at radius 1 is 1.00 bits per heavy atom. The van der Waals surface area contributed by atoms with Crippen molar-refractivity contribution in [2.45, 2.75) is 13.5 Å². The van der Waals surface area contributed by atoms with Crippen molar-refractivity contribution in [1.29, 1.82) is 0 Å². The van der Waals surface area contributed by atoms with Crippen LogP contribution in [-0.4, -0.2) is 28.4 Å². The number of fused-ring (bicyclic) bond motifs is 1. The highest BCUT2D eigenvalue weighted by atomic mass is 32.2. The summed E-state index contributed by atoms with van der Waals surface area (Å²) in [4.78, 5) is 28.2. The van der Waals surface area contributed by atoms with Crippen molar-refractivity contribution >= 4 is 40.2 Å². The Bertz CT molecular complexity index is 942. The summed E-state index contributed by atoms with van der Waals surface area (Å²) in [6.07, 6.45) is 0. The average molecular weight is 380 g/mol. The van der Waals surface area contributed by atoms with Crippen molar-refractivity contribution in [3.05, 3.63) is 71.9 Å². The largest absolute Gasteiger partial charge is 0.459 e. The molecule has 0 bridgehead atoms. The number of rotatable bonds is 7. The summed E-state index contributed by atoms with van der Waals surface area (Å²) in [5.41, 5.74) is 3.44. The van der Waals surface area contributed by atoms with Crippen LogP contribution >= 0.6 is 11.8 Å². The first-order chi connectivity index (χ1) is 13.1. The summed E-state index contributed by atoms with van der Waals surface area (Å²) in [6, 6.07) is 19.1. The second-order valence-electron chi connectivity index (χ2n) is 6.06. The zero-order valence-electron chi connectivity index (χ0n) is 15.0. The molecule has 3 aromatic rings. The second kappa shape index (κ2) is 9.19. The molecule has 3 rings (SSSR count). The van der Waals surface area contributed by atoms with Gasteiger partial charge in [0.15, 0.2) is 0 Å². The lowest BCUT2D eigenvalue weighted by Crippen LogP contribution is -2.16. The van der Waals surface area contributed by atoms with Gasteiger partial charge < -0.3 is 10.1 Å². The van der Waals surface area contributed by atoms with E-state index in [-0.39, 0.29) is 30.0 Å². The number of carbonyl (C=O) groups excluding carboxylic acids is 2. The summed E-state index contributed by atoms with van der Waals surface area (Å²) in [6.45, 7) is 2.11. The summed E-state index contributed by atoms with van der Waals surface area (Å²) in [5, 5.41) is 3.84. The highest BCUT2D eigenvalue weighted by molar-refractivity contribution is 8.00. The molecule has 138 valence electrons. The van der Waals surface area contributed by atoms with Gasteiger partial charge in [0.1, 0.15) is 6.61 Å². The van der Waals surface area contributed by atoms with E-state index in [1.54, 1.807) is 0 Å². The van der Waals surface area contributed by atoms with Crippen LogP contribution in [0.15, 0.2) is 60.7 Å². The number of hydrogen-bond acceptors (Lipinski definition) is 5. The molecule has 0 spiro atoms. The number of thioether (sulfide) groups is 1. The smallest absolute Gasteiger partial charge is 0.316 e. The van der Waals surface area contributed by atoms with Crippen molar-refractivity contribution < 1.29 is 14.3 Å². The number of carbonyl (C=O) groups is 2. The van der Waals surface area contributed by atoms with Crippen LogP contribution in [-0.2, 0) is 20.9 Å². The van der Waals surface area contributed by atoms with E-state index in [0.29, 0.717) is 5.69 Å². The Kier molecular flexibility index (Phi) is 6.44. The molecule has 0 saturated heterocycles. The molecule has 0 aliphatic rings. The van der Waals surface area contributed by atoms with Gasteiger partial charge in [-0.25, -0.2) is 4.98 Å². The molecule has 0 radical (unpaired) electrons. The lowest BCUT2D eigenvalue weighted by atomic mass is 10.2. The fraction of sp³-hybridized carbons (Fsp3) is 0.190. The van der Waals surface area contributed by atoms with E-state index < -0.39 is 0 Å². The van der Waals surface area contributed by atoms with Crippen LogP contribution in [0.4, 0.5) is 5.69 Å². The summed E-state index contributed by atoms with van der Waals surface area (Å²) >= 11 is 1.22. The van der Waals surface area contributed by atoms with E-state index in [2.05, 4.69) is 10.3 Å². The summed E-state index contributed by atoms with van der Waals surface area (Å²) in [5.74, 6) is -0.197. The van der Waals surface area contributed by atoms with Crippen molar-refractivity contribution in [2.75, 3.05) is 16.8 Å². The lowest BCUT2D eigenvalue weighted by Gasteiger charge is -2.07.